The number of carbonyl (C=O) groups is 1. The molecule has 1 aromatic carbocycles. The molecule has 0 saturated carbocycles. The Kier molecular flexibility index (Phi) is 5.62. The van der Waals surface area contributed by atoms with Crippen molar-refractivity contribution in [1.29, 1.82) is 0 Å². The van der Waals surface area contributed by atoms with E-state index in [1.165, 1.54) is 0 Å². The van der Waals surface area contributed by atoms with E-state index in [1.54, 1.807) is 0 Å². The van der Waals surface area contributed by atoms with E-state index in [4.69, 9.17) is 15.9 Å². The van der Waals surface area contributed by atoms with Crippen LogP contribution >= 0.6 is 0 Å². The van der Waals surface area contributed by atoms with Gasteiger partial charge in [-0.05, 0) is 12.0 Å². The molecule has 0 aromatic heterocycles. The highest BCUT2D eigenvalue weighted by atomic mass is 16.3. The lowest BCUT2D eigenvalue weighted by Crippen LogP contribution is -2.48. The molecule has 94 valence electrons. The van der Waals surface area contributed by atoms with Crippen LogP contribution in [0.4, 0.5) is 0 Å². The van der Waals surface area contributed by atoms with Crippen LogP contribution in [0.3, 0.4) is 0 Å². The monoisotopic (exact) mass is 238 g/mol. The van der Waals surface area contributed by atoms with Crippen molar-refractivity contribution >= 4 is 5.91 Å². The molecule has 1 atom stereocenters. The third-order valence-electron chi connectivity index (χ3n) is 2.42. The van der Waals surface area contributed by atoms with E-state index >= 15 is 0 Å². The van der Waals surface area contributed by atoms with Gasteiger partial charge < -0.3 is 21.3 Å². The van der Waals surface area contributed by atoms with Gasteiger partial charge in [-0.1, -0.05) is 30.3 Å². The Bertz CT molecular complexity index is 339. The number of nitrogens with two attached hydrogens (primary N) is 1. The maximum absolute atomic E-state index is 11.6. The second kappa shape index (κ2) is 7.01. The van der Waals surface area contributed by atoms with Crippen LogP contribution in [0.1, 0.15) is 5.56 Å². The van der Waals surface area contributed by atoms with Crippen molar-refractivity contribution in [3.05, 3.63) is 35.9 Å². The molecule has 1 aromatic rings. The van der Waals surface area contributed by atoms with Crippen LogP contribution in [-0.4, -0.2) is 41.4 Å². The summed E-state index contributed by atoms with van der Waals surface area (Å²) >= 11 is 0. The Balaban J connectivity index is 2.47. The predicted octanol–water partition coefficient (Wildman–Crippen LogP) is -0.974. The number of benzene rings is 1. The quantitative estimate of drug-likeness (QED) is 0.512. The van der Waals surface area contributed by atoms with Crippen LogP contribution in [0.15, 0.2) is 30.3 Å². The second-order valence-electron chi connectivity index (χ2n) is 3.87. The first-order valence-corrected chi connectivity index (χ1v) is 5.49. The minimum atomic E-state index is -0.682. The first-order chi connectivity index (χ1) is 8.17. The van der Waals surface area contributed by atoms with Gasteiger partial charge in [-0.25, -0.2) is 0 Å². The molecule has 1 unspecified atom stereocenters. The molecule has 0 aliphatic carbocycles. The molecule has 0 heterocycles. The fourth-order valence-corrected chi connectivity index (χ4v) is 1.42. The zero-order chi connectivity index (χ0) is 12.7. The number of aliphatic hydroxyl groups excluding tert-OH is 2. The van der Waals surface area contributed by atoms with Gasteiger partial charge in [-0.15, -0.1) is 0 Å². The third-order valence-corrected chi connectivity index (χ3v) is 2.42. The molecule has 0 radical (unpaired) electrons. The molecule has 0 aliphatic rings. The number of hydrogen-bond acceptors (Lipinski definition) is 4. The van der Waals surface area contributed by atoms with Crippen molar-refractivity contribution in [2.24, 2.45) is 5.73 Å². The molecule has 0 bridgehead atoms. The Labute approximate surface area is 100 Å². The number of carbonyl (C=O) groups excluding carboxylic acids is 1. The van der Waals surface area contributed by atoms with Gasteiger partial charge in [0.2, 0.25) is 5.91 Å². The van der Waals surface area contributed by atoms with Crippen LogP contribution in [0.25, 0.3) is 0 Å². The first-order valence-electron chi connectivity index (χ1n) is 5.49. The number of aliphatic hydroxyl groups is 2. The van der Waals surface area contributed by atoms with E-state index in [-0.39, 0.29) is 19.1 Å². The van der Waals surface area contributed by atoms with Crippen molar-refractivity contribution in [2.75, 3.05) is 13.2 Å². The highest BCUT2D eigenvalue weighted by Crippen LogP contribution is 2.02. The number of hydrogen-bond donors (Lipinski definition) is 4. The average molecular weight is 238 g/mol. The third kappa shape index (κ3) is 4.52. The van der Waals surface area contributed by atoms with E-state index in [0.29, 0.717) is 6.42 Å². The van der Waals surface area contributed by atoms with Gasteiger partial charge in [-0.2, -0.15) is 0 Å². The molecule has 5 nitrogen and oxygen atoms in total. The van der Waals surface area contributed by atoms with Gasteiger partial charge in [0.15, 0.2) is 0 Å². The summed E-state index contributed by atoms with van der Waals surface area (Å²) in [7, 11) is 0. The van der Waals surface area contributed by atoms with Crippen molar-refractivity contribution in [3.8, 4) is 0 Å². The normalized spacial score (nSPS) is 12.5. The zero-order valence-corrected chi connectivity index (χ0v) is 9.54. The lowest BCUT2D eigenvalue weighted by atomic mass is 10.1. The number of amides is 1. The van der Waals surface area contributed by atoms with Gasteiger partial charge >= 0.3 is 0 Å². The summed E-state index contributed by atoms with van der Waals surface area (Å²) in [5.41, 5.74) is 6.70. The fraction of sp³-hybridized carbons (Fsp3) is 0.417. The Morgan fingerprint density at radius 3 is 2.35 bits per heavy atom. The summed E-state index contributed by atoms with van der Waals surface area (Å²) in [5.74, 6) is -0.373. The lowest BCUT2D eigenvalue weighted by molar-refractivity contribution is -0.123. The SMILES string of the molecule is NC(Cc1ccccc1)C(=O)NC(CO)CO. The van der Waals surface area contributed by atoms with Gasteiger partial charge in [0, 0.05) is 0 Å². The largest absolute Gasteiger partial charge is 0.394 e. The van der Waals surface area contributed by atoms with E-state index in [9.17, 15) is 4.79 Å². The standard InChI is InChI=1S/C12H18N2O3/c13-11(6-9-4-2-1-3-5-9)12(17)14-10(7-15)8-16/h1-5,10-11,15-16H,6-8,13H2,(H,14,17). The van der Waals surface area contributed by atoms with Gasteiger partial charge in [-0.3, -0.25) is 4.79 Å². The maximum Gasteiger partial charge on any atom is 0.237 e. The smallest absolute Gasteiger partial charge is 0.237 e. The fourth-order valence-electron chi connectivity index (χ4n) is 1.42. The summed E-state index contributed by atoms with van der Waals surface area (Å²) in [6, 6.07) is 8.10. The molecule has 5 N–H and O–H groups in total. The summed E-state index contributed by atoms with van der Waals surface area (Å²) in [6.07, 6.45) is 0.427. The Morgan fingerprint density at radius 2 is 1.82 bits per heavy atom. The van der Waals surface area contributed by atoms with E-state index in [1.807, 2.05) is 30.3 Å². The molecule has 1 amide bonds. The van der Waals surface area contributed by atoms with Crippen LogP contribution in [0.5, 0.6) is 0 Å². The summed E-state index contributed by atoms with van der Waals surface area (Å²) < 4.78 is 0. The molecule has 1 rings (SSSR count). The number of rotatable bonds is 6. The molecule has 5 heteroatoms. The molecule has 0 spiro atoms. The molecule has 17 heavy (non-hydrogen) atoms. The molecule has 0 saturated heterocycles. The van der Waals surface area contributed by atoms with Gasteiger partial charge in [0.25, 0.3) is 0 Å². The predicted molar refractivity (Wildman–Crippen MR) is 64.2 cm³/mol. The van der Waals surface area contributed by atoms with E-state index in [2.05, 4.69) is 5.32 Å². The van der Waals surface area contributed by atoms with Crippen molar-refractivity contribution in [1.82, 2.24) is 5.32 Å². The summed E-state index contributed by atoms with van der Waals surface area (Å²) in [6.45, 7) is -0.611. The minimum Gasteiger partial charge on any atom is -0.394 e. The van der Waals surface area contributed by atoms with Gasteiger partial charge in [0.05, 0.1) is 25.3 Å². The summed E-state index contributed by atoms with van der Waals surface area (Å²) in [5, 5.41) is 20.1. The molecular formula is C12H18N2O3. The van der Waals surface area contributed by atoms with Gasteiger partial charge in [0.1, 0.15) is 0 Å². The van der Waals surface area contributed by atoms with Crippen LogP contribution in [-0.2, 0) is 11.2 Å². The average Bonchev–Trinajstić information content (AvgIpc) is 2.36. The maximum atomic E-state index is 11.6. The Hall–Kier alpha value is -1.43. The second-order valence-corrected chi connectivity index (χ2v) is 3.87. The zero-order valence-electron chi connectivity index (χ0n) is 9.54. The Morgan fingerprint density at radius 1 is 1.24 bits per heavy atom. The summed E-state index contributed by atoms with van der Waals surface area (Å²) in [4.78, 5) is 11.6. The van der Waals surface area contributed by atoms with Crippen LogP contribution < -0.4 is 11.1 Å². The first kappa shape index (κ1) is 13.6. The van der Waals surface area contributed by atoms with Crippen molar-refractivity contribution in [2.45, 2.75) is 18.5 Å². The van der Waals surface area contributed by atoms with E-state index < -0.39 is 12.1 Å². The highest BCUT2D eigenvalue weighted by Gasteiger charge is 2.17. The van der Waals surface area contributed by atoms with Crippen molar-refractivity contribution in [3.63, 3.8) is 0 Å². The van der Waals surface area contributed by atoms with E-state index in [0.717, 1.165) is 5.56 Å². The van der Waals surface area contributed by atoms with Crippen LogP contribution in [0, 0.1) is 0 Å². The molecular weight excluding hydrogens is 220 g/mol. The highest BCUT2D eigenvalue weighted by molar-refractivity contribution is 5.82. The van der Waals surface area contributed by atoms with Crippen molar-refractivity contribution < 1.29 is 15.0 Å². The molecule has 0 fully saturated rings. The lowest BCUT2D eigenvalue weighted by Gasteiger charge is -2.17. The topological polar surface area (TPSA) is 95.6 Å². The number of nitrogens with one attached hydrogen (secondary N) is 1. The van der Waals surface area contributed by atoms with Crippen LogP contribution in [0.2, 0.25) is 0 Å². The minimum absolute atomic E-state index is 0.305. The molecule has 0 aliphatic heterocycles.